The number of rotatable bonds is 7. The number of amides is 2. The number of nitrogens with one attached hydrogen (secondary N) is 1. The SMILES string of the molecule is CCCN1CCN(C(=O)[C@@H](NC(=O)c2ccccc2)[C@@H](C)CC)CC1. The van der Waals surface area contributed by atoms with Gasteiger partial charge in [-0.1, -0.05) is 45.4 Å². The molecule has 1 aliphatic heterocycles. The number of piperazine rings is 1. The molecule has 1 aromatic carbocycles. The van der Waals surface area contributed by atoms with Crippen molar-refractivity contribution in [2.75, 3.05) is 32.7 Å². The smallest absolute Gasteiger partial charge is 0.251 e. The van der Waals surface area contributed by atoms with Crippen LogP contribution in [0.5, 0.6) is 0 Å². The van der Waals surface area contributed by atoms with Crippen LogP contribution in [0, 0.1) is 5.92 Å². The zero-order valence-corrected chi connectivity index (χ0v) is 15.7. The standard InChI is InChI=1S/C20H31N3O2/c1-4-11-22-12-14-23(15-13-22)20(25)18(16(3)5-2)21-19(24)17-9-7-6-8-10-17/h6-10,16,18H,4-5,11-15H2,1-3H3,(H,21,24)/t16-,18-/m0/s1. The van der Waals surface area contributed by atoms with E-state index in [0.29, 0.717) is 5.56 Å². The first-order chi connectivity index (χ1) is 12.1. The quantitative estimate of drug-likeness (QED) is 0.825. The molecule has 2 amide bonds. The predicted molar refractivity (Wildman–Crippen MR) is 100 cm³/mol. The molecule has 2 atom stereocenters. The summed E-state index contributed by atoms with van der Waals surface area (Å²) in [7, 11) is 0. The third-order valence-corrected chi connectivity index (χ3v) is 5.03. The molecule has 1 fully saturated rings. The fourth-order valence-electron chi connectivity index (χ4n) is 3.20. The molecule has 1 aliphatic rings. The molecule has 0 spiro atoms. The van der Waals surface area contributed by atoms with Crippen LogP contribution in [0.2, 0.25) is 0 Å². The van der Waals surface area contributed by atoms with Gasteiger partial charge in [0, 0.05) is 31.7 Å². The van der Waals surface area contributed by atoms with E-state index in [1.165, 1.54) is 0 Å². The Labute approximate surface area is 151 Å². The average molecular weight is 345 g/mol. The number of benzene rings is 1. The molecule has 0 aromatic heterocycles. The molecule has 0 saturated carbocycles. The lowest BCUT2D eigenvalue weighted by Crippen LogP contribution is -2.56. The Morgan fingerprint density at radius 1 is 1.08 bits per heavy atom. The van der Waals surface area contributed by atoms with E-state index in [-0.39, 0.29) is 17.7 Å². The third-order valence-electron chi connectivity index (χ3n) is 5.03. The largest absolute Gasteiger partial charge is 0.340 e. The Morgan fingerprint density at radius 2 is 1.72 bits per heavy atom. The van der Waals surface area contributed by atoms with Crippen molar-refractivity contribution in [3.8, 4) is 0 Å². The normalized spacial score (nSPS) is 17.8. The van der Waals surface area contributed by atoms with Crippen molar-refractivity contribution >= 4 is 11.8 Å². The van der Waals surface area contributed by atoms with Crippen LogP contribution in [-0.2, 0) is 4.79 Å². The minimum absolute atomic E-state index is 0.0507. The van der Waals surface area contributed by atoms with Gasteiger partial charge in [-0.05, 0) is 31.0 Å². The molecule has 0 unspecified atom stereocenters. The number of hydrogen-bond acceptors (Lipinski definition) is 3. The number of nitrogens with zero attached hydrogens (tertiary/aromatic N) is 2. The Morgan fingerprint density at radius 3 is 2.28 bits per heavy atom. The lowest BCUT2D eigenvalue weighted by Gasteiger charge is -2.37. The summed E-state index contributed by atoms with van der Waals surface area (Å²) in [6.07, 6.45) is 1.98. The molecule has 0 bridgehead atoms. The van der Waals surface area contributed by atoms with Crippen molar-refractivity contribution < 1.29 is 9.59 Å². The highest BCUT2D eigenvalue weighted by molar-refractivity contribution is 5.97. The van der Waals surface area contributed by atoms with Gasteiger partial charge in [0.1, 0.15) is 6.04 Å². The summed E-state index contributed by atoms with van der Waals surface area (Å²) in [5, 5.41) is 2.97. The maximum Gasteiger partial charge on any atom is 0.251 e. The second kappa shape index (κ2) is 9.56. The topological polar surface area (TPSA) is 52.6 Å². The Kier molecular flexibility index (Phi) is 7.44. The number of carbonyl (C=O) groups is 2. The maximum atomic E-state index is 13.0. The maximum absolute atomic E-state index is 13.0. The van der Waals surface area contributed by atoms with Crippen molar-refractivity contribution in [2.24, 2.45) is 5.92 Å². The zero-order valence-electron chi connectivity index (χ0n) is 15.7. The second-order valence-corrected chi connectivity index (χ2v) is 6.87. The molecule has 25 heavy (non-hydrogen) atoms. The van der Waals surface area contributed by atoms with Crippen molar-refractivity contribution in [2.45, 2.75) is 39.7 Å². The molecule has 2 rings (SSSR count). The molecule has 0 aliphatic carbocycles. The molecular formula is C20H31N3O2. The van der Waals surface area contributed by atoms with Gasteiger partial charge in [-0.25, -0.2) is 0 Å². The van der Waals surface area contributed by atoms with Gasteiger partial charge >= 0.3 is 0 Å². The van der Waals surface area contributed by atoms with Crippen LogP contribution in [0.1, 0.15) is 44.0 Å². The van der Waals surface area contributed by atoms with Crippen LogP contribution < -0.4 is 5.32 Å². The molecule has 5 heteroatoms. The molecule has 138 valence electrons. The molecule has 1 N–H and O–H groups in total. The first-order valence-electron chi connectivity index (χ1n) is 9.43. The van der Waals surface area contributed by atoms with Crippen molar-refractivity contribution in [3.05, 3.63) is 35.9 Å². The molecular weight excluding hydrogens is 314 g/mol. The second-order valence-electron chi connectivity index (χ2n) is 6.87. The fraction of sp³-hybridized carbons (Fsp3) is 0.600. The summed E-state index contributed by atoms with van der Waals surface area (Å²) < 4.78 is 0. The molecule has 1 aromatic rings. The van der Waals surface area contributed by atoms with E-state index < -0.39 is 6.04 Å². The van der Waals surface area contributed by atoms with E-state index in [0.717, 1.165) is 45.6 Å². The van der Waals surface area contributed by atoms with Crippen molar-refractivity contribution in [3.63, 3.8) is 0 Å². The van der Waals surface area contributed by atoms with Gasteiger partial charge in [0.15, 0.2) is 0 Å². The van der Waals surface area contributed by atoms with E-state index >= 15 is 0 Å². The zero-order chi connectivity index (χ0) is 18.2. The predicted octanol–water partition coefficient (Wildman–Crippen LogP) is 2.39. The third kappa shape index (κ3) is 5.30. The summed E-state index contributed by atoms with van der Waals surface area (Å²) in [6, 6.07) is 8.64. The van der Waals surface area contributed by atoms with Gasteiger partial charge in [-0.3, -0.25) is 14.5 Å². The highest BCUT2D eigenvalue weighted by Gasteiger charge is 2.31. The summed E-state index contributed by atoms with van der Waals surface area (Å²) in [6.45, 7) is 10.7. The molecule has 1 saturated heterocycles. The lowest BCUT2D eigenvalue weighted by atomic mass is 9.97. The van der Waals surface area contributed by atoms with E-state index in [1.54, 1.807) is 12.1 Å². The molecule has 5 nitrogen and oxygen atoms in total. The summed E-state index contributed by atoms with van der Waals surface area (Å²) in [4.78, 5) is 29.8. The Bertz CT molecular complexity index is 553. The molecule has 0 radical (unpaired) electrons. The van der Waals surface area contributed by atoms with Crippen molar-refractivity contribution in [1.29, 1.82) is 0 Å². The van der Waals surface area contributed by atoms with E-state index in [9.17, 15) is 9.59 Å². The lowest BCUT2D eigenvalue weighted by molar-refractivity contribution is -0.136. The van der Waals surface area contributed by atoms with Gasteiger partial charge in [0.25, 0.3) is 5.91 Å². The van der Waals surface area contributed by atoms with Gasteiger partial charge in [0.05, 0.1) is 0 Å². The van der Waals surface area contributed by atoms with Crippen LogP contribution in [0.4, 0.5) is 0 Å². The van der Waals surface area contributed by atoms with Gasteiger partial charge in [-0.15, -0.1) is 0 Å². The van der Waals surface area contributed by atoms with Crippen molar-refractivity contribution in [1.82, 2.24) is 15.1 Å². The van der Waals surface area contributed by atoms with E-state index in [2.05, 4.69) is 24.1 Å². The summed E-state index contributed by atoms with van der Waals surface area (Å²) in [5.41, 5.74) is 0.594. The van der Waals surface area contributed by atoms with Crippen LogP contribution in [0.25, 0.3) is 0 Å². The van der Waals surface area contributed by atoms with Gasteiger partial charge in [0.2, 0.25) is 5.91 Å². The monoisotopic (exact) mass is 345 g/mol. The first kappa shape index (κ1) is 19.4. The average Bonchev–Trinajstić information content (AvgIpc) is 2.66. The van der Waals surface area contributed by atoms with Crippen LogP contribution in [0.3, 0.4) is 0 Å². The van der Waals surface area contributed by atoms with E-state index in [1.807, 2.05) is 30.0 Å². The van der Waals surface area contributed by atoms with Crippen LogP contribution in [0.15, 0.2) is 30.3 Å². The van der Waals surface area contributed by atoms with Crippen LogP contribution in [-0.4, -0.2) is 60.4 Å². The first-order valence-corrected chi connectivity index (χ1v) is 9.43. The summed E-state index contributed by atoms with van der Waals surface area (Å²) >= 11 is 0. The molecule has 1 heterocycles. The highest BCUT2D eigenvalue weighted by atomic mass is 16.2. The number of carbonyl (C=O) groups excluding carboxylic acids is 2. The Hall–Kier alpha value is -1.88. The number of hydrogen-bond donors (Lipinski definition) is 1. The Balaban J connectivity index is 2.02. The van der Waals surface area contributed by atoms with Gasteiger partial charge in [-0.2, -0.15) is 0 Å². The van der Waals surface area contributed by atoms with Crippen LogP contribution >= 0.6 is 0 Å². The van der Waals surface area contributed by atoms with E-state index in [4.69, 9.17) is 0 Å². The minimum Gasteiger partial charge on any atom is -0.340 e. The minimum atomic E-state index is -0.463. The van der Waals surface area contributed by atoms with Gasteiger partial charge < -0.3 is 10.2 Å². The summed E-state index contributed by atoms with van der Waals surface area (Å²) in [5.74, 6) is -0.0208. The highest BCUT2D eigenvalue weighted by Crippen LogP contribution is 2.14. The fourth-order valence-corrected chi connectivity index (χ4v) is 3.20.